The van der Waals surface area contributed by atoms with Crippen LogP contribution in [0.1, 0.15) is 22.3 Å². The third-order valence-electron chi connectivity index (χ3n) is 5.33. The lowest BCUT2D eigenvalue weighted by molar-refractivity contribution is -0.125. The second kappa shape index (κ2) is 8.80. The summed E-state index contributed by atoms with van der Waals surface area (Å²) in [6.45, 7) is 2.74. The van der Waals surface area contributed by atoms with Gasteiger partial charge >= 0.3 is 0 Å². The van der Waals surface area contributed by atoms with E-state index < -0.39 is 0 Å². The van der Waals surface area contributed by atoms with E-state index in [2.05, 4.69) is 34.5 Å². The summed E-state index contributed by atoms with van der Waals surface area (Å²) in [5, 5.41) is 3.19. The van der Waals surface area contributed by atoms with Gasteiger partial charge in [-0.05, 0) is 24.1 Å². The van der Waals surface area contributed by atoms with Crippen LogP contribution < -0.4 is 5.32 Å². The molecule has 2 aliphatic heterocycles. The Balaban J connectivity index is 1.32. The quantitative estimate of drug-likeness (QED) is 0.846. The molecule has 0 bridgehead atoms. The van der Waals surface area contributed by atoms with Gasteiger partial charge in [-0.3, -0.25) is 14.5 Å². The van der Waals surface area contributed by atoms with Crippen LogP contribution >= 0.6 is 11.8 Å². The summed E-state index contributed by atoms with van der Waals surface area (Å²) >= 11 is 1.64. The van der Waals surface area contributed by atoms with Crippen molar-refractivity contribution < 1.29 is 9.59 Å². The molecule has 2 aromatic carbocycles. The van der Waals surface area contributed by atoms with Crippen LogP contribution in [0.15, 0.2) is 60.7 Å². The maximum absolute atomic E-state index is 12.9. The van der Waals surface area contributed by atoms with Gasteiger partial charge in [-0.2, -0.15) is 0 Å². The molecule has 0 saturated carbocycles. The van der Waals surface area contributed by atoms with Crippen molar-refractivity contribution in [1.29, 1.82) is 0 Å². The zero-order valence-electron chi connectivity index (χ0n) is 15.8. The van der Waals surface area contributed by atoms with Crippen LogP contribution in [0.25, 0.3) is 0 Å². The Hall–Kier alpha value is -2.31. The first kappa shape index (κ1) is 19.0. The summed E-state index contributed by atoms with van der Waals surface area (Å²) < 4.78 is 0. The van der Waals surface area contributed by atoms with Gasteiger partial charge < -0.3 is 10.2 Å². The van der Waals surface area contributed by atoms with E-state index in [1.165, 1.54) is 5.56 Å². The zero-order valence-corrected chi connectivity index (χ0v) is 16.6. The highest BCUT2D eigenvalue weighted by Gasteiger charge is 2.36. The van der Waals surface area contributed by atoms with Crippen LogP contribution in [0.3, 0.4) is 0 Å². The first-order chi connectivity index (χ1) is 13.7. The van der Waals surface area contributed by atoms with Crippen molar-refractivity contribution in [3.05, 3.63) is 71.8 Å². The Morgan fingerprint density at radius 1 is 1.04 bits per heavy atom. The maximum atomic E-state index is 12.9. The van der Waals surface area contributed by atoms with Crippen molar-refractivity contribution in [2.24, 2.45) is 0 Å². The predicted octanol–water partition coefficient (Wildman–Crippen LogP) is 2.59. The molecular weight excluding hydrogens is 370 g/mol. The van der Waals surface area contributed by atoms with E-state index in [1.54, 1.807) is 28.8 Å². The Labute approximate surface area is 170 Å². The van der Waals surface area contributed by atoms with Gasteiger partial charge in [0.1, 0.15) is 6.04 Å². The smallest absolute Gasteiger partial charge is 0.255 e. The number of carbonyl (C=O) groups is 2. The molecule has 2 amide bonds. The van der Waals surface area contributed by atoms with E-state index in [4.69, 9.17) is 0 Å². The first-order valence-corrected chi connectivity index (χ1v) is 10.9. The Kier molecular flexibility index (Phi) is 5.98. The van der Waals surface area contributed by atoms with Gasteiger partial charge in [0.15, 0.2) is 0 Å². The van der Waals surface area contributed by atoms with Gasteiger partial charge in [-0.1, -0.05) is 48.5 Å². The average molecular weight is 396 g/mol. The second-order valence-corrected chi connectivity index (χ2v) is 8.37. The minimum absolute atomic E-state index is 0.0270. The molecule has 28 heavy (non-hydrogen) atoms. The molecule has 2 aromatic rings. The molecule has 2 aliphatic rings. The number of likely N-dealkylation sites (tertiary alicyclic amines) is 1. The maximum Gasteiger partial charge on any atom is 0.255 e. The van der Waals surface area contributed by atoms with Crippen LogP contribution in [0, 0.1) is 0 Å². The molecule has 5 nitrogen and oxygen atoms in total. The third kappa shape index (κ3) is 4.39. The minimum Gasteiger partial charge on any atom is -0.350 e. The van der Waals surface area contributed by atoms with Gasteiger partial charge in [0, 0.05) is 37.0 Å². The topological polar surface area (TPSA) is 52.7 Å². The van der Waals surface area contributed by atoms with Crippen molar-refractivity contribution >= 4 is 23.6 Å². The average Bonchev–Trinajstić information content (AvgIpc) is 3.38. The summed E-state index contributed by atoms with van der Waals surface area (Å²) in [4.78, 5) is 29.7. The molecule has 0 aliphatic carbocycles. The Morgan fingerprint density at radius 2 is 1.75 bits per heavy atom. The third-order valence-corrected chi connectivity index (χ3v) is 6.35. The van der Waals surface area contributed by atoms with Crippen molar-refractivity contribution in [3.63, 3.8) is 0 Å². The van der Waals surface area contributed by atoms with Gasteiger partial charge in [0.2, 0.25) is 5.91 Å². The number of nitrogens with zero attached hydrogens (tertiary/aromatic N) is 2. The molecule has 2 saturated heterocycles. The van der Waals surface area contributed by atoms with Crippen molar-refractivity contribution in [2.75, 3.05) is 24.7 Å². The molecule has 0 spiro atoms. The standard InChI is InChI=1S/C22H25N3O2S/c26-21(20-15-28-16-25(20)22(27)18-9-5-2-6-10-18)23-19-11-12-24(14-19)13-17-7-3-1-4-8-17/h1-10,19-20H,11-16H2,(H,23,26)/t19-,20+/m1/s1. The minimum atomic E-state index is -0.388. The molecule has 4 rings (SSSR count). The van der Waals surface area contributed by atoms with E-state index in [0.717, 1.165) is 26.1 Å². The summed E-state index contributed by atoms with van der Waals surface area (Å²) in [5.41, 5.74) is 1.93. The fourth-order valence-corrected chi connectivity index (χ4v) is 4.99. The monoisotopic (exact) mass is 395 g/mol. The summed E-state index contributed by atoms with van der Waals surface area (Å²) in [6, 6.07) is 19.4. The number of carbonyl (C=O) groups excluding carboxylic acids is 2. The van der Waals surface area contributed by atoms with Crippen molar-refractivity contribution in [3.8, 4) is 0 Å². The molecule has 0 radical (unpaired) electrons. The highest BCUT2D eigenvalue weighted by atomic mass is 32.2. The van der Waals surface area contributed by atoms with Gasteiger partial charge in [0.05, 0.1) is 5.88 Å². The first-order valence-electron chi connectivity index (χ1n) is 9.71. The van der Waals surface area contributed by atoms with Gasteiger partial charge in [-0.25, -0.2) is 0 Å². The van der Waals surface area contributed by atoms with Gasteiger partial charge in [-0.15, -0.1) is 11.8 Å². The summed E-state index contributed by atoms with van der Waals surface area (Å²) in [5.74, 6) is 1.13. The number of hydrogen-bond donors (Lipinski definition) is 1. The Morgan fingerprint density at radius 3 is 2.50 bits per heavy atom. The van der Waals surface area contributed by atoms with E-state index in [1.807, 2.05) is 24.3 Å². The fourth-order valence-electron chi connectivity index (χ4n) is 3.84. The highest BCUT2D eigenvalue weighted by molar-refractivity contribution is 7.99. The molecule has 6 heteroatoms. The largest absolute Gasteiger partial charge is 0.350 e. The lowest BCUT2D eigenvalue weighted by Crippen LogP contribution is -2.50. The number of benzene rings is 2. The second-order valence-electron chi connectivity index (χ2n) is 7.37. The number of hydrogen-bond acceptors (Lipinski definition) is 4. The SMILES string of the molecule is O=C(N[C@@H]1CCN(Cc2ccccc2)C1)[C@@H]1CSCN1C(=O)c1ccccc1. The lowest BCUT2D eigenvalue weighted by atomic mass is 10.1. The Bertz CT molecular complexity index is 815. The van der Waals surface area contributed by atoms with Crippen LogP contribution in [0.4, 0.5) is 0 Å². The van der Waals surface area contributed by atoms with E-state index in [-0.39, 0.29) is 23.9 Å². The van der Waals surface area contributed by atoms with Crippen molar-refractivity contribution in [1.82, 2.24) is 15.1 Å². The molecule has 2 heterocycles. The lowest BCUT2D eigenvalue weighted by Gasteiger charge is -2.25. The van der Waals surface area contributed by atoms with E-state index in [0.29, 0.717) is 17.2 Å². The molecule has 1 N–H and O–H groups in total. The predicted molar refractivity (Wildman–Crippen MR) is 112 cm³/mol. The zero-order chi connectivity index (χ0) is 19.3. The van der Waals surface area contributed by atoms with Crippen molar-refractivity contribution in [2.45, 2.75) is 25.0 Å². The highest BCUT2D eigenvalue weighted by Crippen LogP contribution is 2.24. The molecule has 0 unspecified atom stereocenters. The normalized spacial score (nSPS) is 22.4. The fraction of sp³-hybridized carbons (Fsp3) is 0.364. The number of rotatable bonds is 5. The molecule has 2 fully saturated rings. The van der Waals surface area contributed by atoms with E-state index >= 15 is 0 Å². The molecule has 0 aromatic heterocycles. The number of thioether (sulfide) groups is 1. The molecule has 146 valence electrons. The van der Waals surface area contributed by atoms with Gasteiger partial charge in [0.25, 0.3) is 5.91 Å². The van der Waals surface area contributed by atoms with Crippen LogP contribution in [-0.4, -0.2) is 58.4 Å². The number of amides is 2. The molecule has 2 atom stereocenters. The number of nitrogens with one attached hydrogen (secondary N) is 1. The van der Waals surface area contributed by atoms with Crippen LogP contribution in [0.5, 0.6) is 0 Å². The van der Waals surface area contributed by atoms with Crippen LogP contribution in [0.2, 0.25) is 0 Å². The van der Waals surface area contributed by atoms with Crippen LogP contribution in [-0.2, 0) is 11.3 Å². The molecular formula is C22H25N3O2S. The summed E-state index contributed by atoms with van der Waals surface area (Å²) in [6.07, 6.45) is 0.949. The van der Waals surface area contributed by atoms with E-state index in [9.17, 15) is 9.59 Å². The summed E-state index contributed by atoms with van der Waals surface area (Å²) in [7, 11) is 0.